The Morgan fingerprint density at radius 2 is 1.82 bits per heavy atom. The Hall–Kier alpha value is -1.60. The van der Waals surface area contributed by atoms with E-state index in [4.69, 9.17) is 21.3 Å². The Morgan fingerprint density at radius 3 is 2.50 bits per heavy atom. The number of carbonyl (C=O) groups excluding carboxylic acids is 1. The molecule has 2 saturated heterocycles. The number of thiazole rings is 1. The molecule has 1 amide bonds. The summed E-state index contributed by atoms with van der Waals surface area (Å²) in [5.74, 6) is -0.206. The summed E-state index contributed by atoms with van der Waals surface area (Å²) in [6.45, 7) is 9.60. The topological polar surface area (TPSA) is 83.1 Å². The maximum absolute atomic E-state index is 13.9. The second-order valence-electron chi connectivity index (χ2n) is 9.93. The van der Waals surface area contributed by atoms with Gasteiger partial charge < -0.3 is 4.74 Å². The van der Waals surface area contributed by atoms with Crippen LogP contribution in [0, 0.1) is 19.8 Å². The van der Waals surface area contributed by atoms with Crippen LogP contribution < -0.4 is 4.90 Å². The van der Waals surface area contributed by atoms with E-state index in [0.29, 0.717) is 36.8 Å². The highest BCUT2D eigenvalue weighted by atomic mass is 35.5. The van der Waals surface area contributed by atoms with Crippen LogP contribution in [0.4, 0.5) is 5.13 Å². The highest BCUT2D eigenvalue weighted by Gasteiger charge is 2.35. The molecule has 8 nitrogen and oxygen atoms in total. The number of aromatic nitrogens is 1. The first-order chi connectivity index (χ1) is 18.2. The van der Waals surface area contributed by atoms with Gasteiger partial charge >= 0.3 is 0 Å². The molecule has 0 radical (unpaired) electrons. The zero-order chi connectivity index (χ0) is 26.9. The smallest absolute Gasteiger partial charge is 0.252 e. The summed E-state index contributed by atoms with van der Waals surface area (Å²) in [7, 11) is -3.60. The summed E-state index contributed by atoms with van der Waals surface area (Å²) in [5.41, 5.74) is 3.30. The van der Waals surface area contributed by atoms with Crippen LogP contribution >= 0.6 is 34.3 Å². The molecule has 4 heterocycles. The van der Waals surface area contributed by atoms with Gasteiger partial charge in [-0.05, 0) is 68.5 Å². The van der Waals surface area contributed by atoms with Crippen LogP contribution in [0.3, 0.4) is 0 Å². The van der Waals surface area contributed by atoms with Crippen molar-refractivity contribution in [3.05, 3.63) is 39.7 Å². The van der Waals surface area contributed by atoms with Crippen molar-refractivity contribution in [2.75, 3.05) is 57.4 Å². The molecule has 2 fully saturated rings. The van der Waals surface area contributed by atoms with Crippen LogP contribution in [0.1, 0.15) is 30.4 Å². The molecule has 206 valence electrons. The molecule has 0 spiro atoms. The average Bonchev–Trinajstić information content (AvgIpc) is 3.53. The second-order valence-corrected chi connectivity index (χ2v) is 14.8. The quantitative estimate of drug-likeness (QED) is 0.372. The normalized spacial score (nSPS) is 18.3. The van der Waals surface area contributed by atoms with Gasteiger partial charge in [0.05, 0.1) is 27.8 Å². The van der Waals surface area contributed by atoms with Crippen LogP contribution in [0.2, 0.25) is 4.34 Å². The SMILES string of the molecule is Cc1cc2nc(N(CCCN3CCOCC3)C(=O)C3CCN(S(=O)(=O)c4ccc(Cl)s4)CC3)sc2cc1C. The predicted octanol–water partition coefficient (Wildman–Crippen LogP) is 4.78. The summed E-state index contributed by atoms with van der Waals surface area (Å²) in [6.07, 6.45) is 1.81. The van der Waals surface area contributed by atoms with Crippen molar-refractivity contribution in [2.24, 2.45) is 5.92 Å². The number of hydrogen-bond acceptors (Lipinski definition) is 8. The second kappa shape index (κ2) is 11.9. The monoisotopic (exact) mass is 596 g/mol. The van der Waals surface area contributed by atoms with Crippen LogP contribution in [-0.2, 0) is 19.6 Å². The van der Waals surface area contributed by atoms with E-state index in [1.807, 2.05) is 4.90 Å². The van der Waals surface area contributed by atoms with Crippen molar-refractivity contribution in [2.45, 2.75) is 37.3 Å². The summed E-state index contributed by atoms with van der Waals surface area (Å²) in [4.78, 5) is 23.0. The van der Waals surface area contributed by atoms with Gasteiger partial charge in [-0.3, -0.25) is 14.6 Å². The van der Waals surface area contributed by atoms with Gasteiger partial charge in [-0.2, -0.15) is 4.31 Å². The maximum atomic E-state index is 13.9. The van der Waals surface area contributed by atoms with Crippen molar-refractivity contribution in [1.29, 1.82) is 0 Å². The predicted molar refractivity (Wildman–Crippen MR) is 154 cm³/mol. The molecular formula is C26H33ClN4O4S3. The van der Waals surface area contributed by atoms with E-state index in [1.54, 1.807) is 23.5 Å². The summed E-state index contributed by atoms with van der Waals surface area (Å²) in [5, 5.41) is 0.722. The molecule has 0 unspecified atom stereocenters. The molecule has 0 aliphatic carbocycles. The number of amides is 1. The lowest BCUT2D eigenvalue weighted by molar-refractivity contribution is -0.123. The number of rotatable bonds is 8. The lowest BCUT2D eigenvalue weighted by atomic mass is 9.96. The lowest BCUT2D eigenvalue weighted by Gasteiger charge is -2.33. The molecule has 2 aromatic heterocycles. The minimum Gasteiger partial charge on any atom is -0.379 e. The number of anilines is 1. The highest BCUT2D eigenvalue weighted by Crippen LogP contribution is 2.34. The van der Waals surface area contributed by atoms with Crippen LogP contribution in [0.15, 0.2) is 28.5 Å². The largest absolute Gasteiger partial charge is 0.379 e. The van der Waals surface area contributed by atoms with Gasteiger partial charge in [0, 0.05) is 45.2 Å². The minimum atomic E-state index is -3.60. The first-order valence-electron chi connectivity index (χ1n) is 13.0. The Bertz CT molecular complexity index is 1350. The van der Waals surface area contributed by atoms with Gasteiger partial charge in [-0.15, -0.1) is 11.3 Å². The first kappa shape index (κ1) is 27.9. The van der Waals surface area contributed by atoms with Crippen molar-refractivity contribution >= 4 is 65.6 Å². The number of piperidine rings is 1. The van der Waals surface area contributed by atoms with E-state index in [1.165, 1.54) is 15.4 Å². The van der Waals surface area contributed by atoms with Crippen molar-refractivity contribution in [3.63, 3.8) is 0 Å². The van der Waals surface area contributed by atoms with Gasteiger partial charge in [0.2, 0.25) is 5.91 Å². The number of thiophene rings is 1. The zero-order valence-corrected chi connectivity index (χ0v) is 24.9. The van der Waals surface area contributed by atoms with Crippen LogP contribution in [0.25, 0.3) is 10.2 Å². The van der Waals surface area contributed by atoms with E-state index in [0.717, 1.165) is 66.0 Å². The van der Waals surface area contributed by atoms with E-state index >= 15 is 0 Å². The number of halogens is 1. The van der Waals surface area contributed by atoms with Crippen molar-refractivity contribution < 1.29 is 17.9 Å². The number of hydrogen-bond donors (Lipinski definition) is 0. The molecule has 2 aliphatic heterocycles. The Labute approximate surface area is 237 Å². The third kappa shape index (κ3) is 6.09. The molecule has 38 heavy (non-hydrogen) atoms. The van der Waals surface area contributed by atoms with Gasteiger partial charge in [0.15, 0.2) is 5.13 Å². The number of benzene rings is 1. The molecule has 2 aliphatic rings. The van der Waals surface area contributed by atoms with Crippen molar-refractivity contribution in [3.8, 4) is 0 Å². The van der Waals surface area contributed by atoms with Gasteiger partial charge in [-0.1, -0.05) is 22.9 Å². The Kier molecular flexibility index (Phi) is 8.73. The minimum absolute atomic E-state index is 0.0377. The molecule has 0 saturated carbocycles. The third-order valence-corrected chi connectivity index (χ3v) is 12.0. The molecule has 1 aromatic carbocycles. The van der Waals surface area contributed by atoms with Crippen LogP contribution in [0.5, 0.6) is 0 Å². The third-order valence-electron chi connectivity index (χ3n) is 7.40. The number of ether oxygens (including phenoxy) is 1. The standard InChI is InChI=1S/C26H33ClN4O4S3/c1-18-16-21-22(17-19(18)2)36-26(28-21)31(9-3-8-29-12-14-35-15-13-29)25(32)20-6-10-30(11-7-20)38(33,34)24-5-4-23(27)37-24/h4-5,16-17,20H,3,6-15H2,1-2H3. The van der Waals surface area contributed by atoms with Gasteiger partial charge in [-0.25, -0.2) is 13.4 Å². The molecule has 5 rings (SSSR count). The van der Waals surface area contributed by atoms with E-state index in [2.05, 4.69) is 30.9 Å². The summed E-state index contributed by atoms with van der Waals surface area (Å²) in [6, 6.07) is 7.38. The molecule has 0 bridgehead atoms. The highest BCUT2D eigenvalue weighted by molar-refractivity contribution is 7.91. The van der Waals surface area contributed by atoms with Crippen LogP contribution in [-0.4, -0.2) is 81.0 Å². The first-order valence-corrected chi connectivity index (χ1v) is 16.4. The van der Waals surface area contributed by atoms with Gasteiger partial charge in [0.1, 0.15) is 4.21 Å². The number of sulfonamides is 1. The fourth-order valence-electron chi connectivity index (χ4n) is 4.99. The Morgan fingerprint density at radius 1 is 1.11 bits per heavy atom. The molecule has 3 aromatic rings. The molecular weight excluding hydrogens is 564 g/mol. The van der Waals surface area contributed by atoms with E-state index in [-0.39, 0.29) is 16.0 Å². The number of carbonyl (C=O) groups is 1. The number of aryl methyl sites for hydroxylation is 2. The fraction of sp³-hybridized carbons (Fsp3) is 0.538. The number of nitrogens with zero attached hydrogens (tertiary/aromatic N) is 4. The van der Waals surface area contributed by atoms with E-state index in [9.17, 15) is 13.2 Å². The Balaban J connectivity index is 1.31. The van der Waals surface area contributed by atoms with Crippen molar-refractivity contribution in [1.82, 2.24) is 14.2 Å². The summed E-state index contributed by atoms with van der Waals surface area (Å²) >= 11 is 8.59. The zero-order valence-electron chi connectivity index (χ0n) is 21.7. The molecule has 0 N–H and O–H groups in total. The van der Waals surface area contributed by atoms with Gasteiger partial charge in [0.25, 0.3) is 10.0 Å². The number of morpholine rings is 1. The number of fused-ring (bicyclic) bond motifs is 1. The maximum Gasteiger partial charge on any atom is 0.252 e. The summed E-state index contributed by atoms with van der Waals surface area (Å²) < 4.78 is 34.8. The van der Waals surface area contributed by atoms with E-state index < -0.39 is 10.0 Å². The fourth-order valence-corrected chi connectivity index (χ4v) is 9.17. The average molecular weight is 597 g/mol. The molecule has 12 heteroatoms. The molecule has 0 atom stereocenters. The lowest BCUT2D eigenvalue weighted by Crippen LogP contribution is -2.45.